The Bertz CT molecular complexity index is 182. The van der Waals surface area contributed by atoms with Gasteiger partial charge in [-0.05, 0) is 11.3 Å². The molecule has 0 rings (SSSR count). The molecule has 0 aromatic heterocycles. The number of nitrogens with one attached hydrogen (secondary N) is 1. The van der Waals surface area contributed by atoms with E-state index in [0.717, 1.165) is 0 Å². The Labute approximate surface area is 87.4 Å². The lowest BCUT2D eigenvalue weighted by molar-refractivity contribution is -0.122. The molecule has 0 radical (unpaired) electrons. The van der Waals surface area contributed by atoms with Gasteiger partial charge in [-0.25, -0.2) is 0 Å². The van der Waals surface area contributed by atoms with Crippen LogP contribution in [0.2, 0.25) is 0 Å². The molecule has 0 bridgehead atoms. The molecule has 0 saturated carbocycles. The summed E-state index contributed by atoms with van der Waals surface area (Å²) in [5, 5.41) is 2.86. The van der Waals surface area contributed by atoms with Crippen molar-refractivity contribution in [1.29, 1.82) is 0 Å². The Morgan fingerprint density at radius 3 is 2.21 bits per heavy atom. The van der Waals surface area contributed by atoms with Crippen molar-refractivity contribution in [2.45, 2.75) is 47.1 Å². The summed E-state index contributed by atoms with van der Waals surface area (Å²) in [5.74, 6) is 0.499. The zero-order chi connectivity index (χ0) is 11.4. The fraction of sp³-hybridized carbons (Fsp3) is 0.909. The molecule has 1 amide bonds. The SMILES string of the molecule is CC(C)C(N)CNC(=O)CC(C)(C)C. The largest absolute Gasteiger partial charge is 0.355 e. The third-order valence-corrected chi connectivity index (χ3v) is 2.08. The van der Waals surface area contributed by atoms with E-state index in [1.54, 1.807) is 0 Å². The second-order valence-corrected chi connectivity index (χ2v) is 5.45. The van der Waals surface area contributed by atoms with Crippen LogP contribution in [0.3, 0.4) is 0 Å². The van der Waals surface area contributed by atoms with Crippen LogP contribution in [-0.4, -0.2) is 18.5 Å². The van der Waals surface area contributed by atoms with E-state index in [1.807, 2.05) is 0 Å². The highest BCUT2D eigenvalue weighted by atomic mass is 16.1. The van der Waals surface area contributed by atoms with Crippen LogP contribution in [0.15, 0.2) is 0 Å². The highest BCUT2D eigenvalue weighted by Gasteiger charge is 2.16. The van der Waals surface area contributed by atoms with Gasteiger partial charge in [-0.3, -0.25) is 4.79 Å². The fourth-order valence-corrected chi connectivity index (χ4v) is 1.01. The normalized spacial score (nSPS) is 14.2. The Hall–Kier alpha value is -0.570. The molecule has 14 heavy (non-hydrogen) atoms. The van der Waals surface area contributed by atoms with Gasteiger partial charge in [-0.2, -0.15) is 0 Å². The maximum Gasteiger partial charge on any atom is 0.220 e. The molecule has 0 aliphatic rings. The highest BCUT2D eigenvalue weighted by Crippen LogP contribution is 2.17. The summed E-state index contributed by atoms with van der Waals surface area (Å²) in [7, 11) is 0. The van der Waals surface area contributed by atoms with E-state index in [2.05, 4.69) is 39.9 Å². The minimum absolute atomic E-state index is 0.0476. The fourth-order valence-electron chi connectivity index (χ4n) is 1.01. The molecule has 0 heterocycles. The van der Waals surface area contributed by atoms with Crippen molar-refractivity contribution in [3.8, 4) is 0 Å². The van der Waals surface area contributed by atoms with Crippen LogP contribution in [0.25, 0.3) is 0 Å². The van der Waals surface area contributed by atoms with Crippen molar-refractivity contribution in [1.82, 2.24) is 5.32 Å². The van der Waals surface area contributed by atoms with Gasteiger partial charge in [0.1, 0.15) is 0 Å². The zero-order valence-corrected chi connectivity index (χ0v) is 10.1. The van der Waals surface area contributed by atoms with E-state index in [-0.39, 0.29) is 17.4 Å². The first-order valence-corrected chi connectivity index (χ1v) is 5.24. The quantitative estimate of drug-likeness (QED) is 0.723. The van der Waals surface area contributed by atoms with Crippen molar-refractivity contribution < 1.29 is 4.79 Å². The van der Waals surface area contributed by atoms with Gasteiger partial charge in [-0.15, -0.1) is 0 Å². The highest BCUT2D eigenvalue weighted by molar-refractivity contribution is 5.76. The molecule has 3 N–H and O–H groups in total. The summed E-state index contributed by atoms with van der Waals surface area (Å²) in [5.41, 5.74) is 5.86. The molecule has 0 aromatic carbocycles. The monoisotopic (exact) mass is 200 g/mol. The Morgan fingerprint density at radius 2 is 1.86 bits per heavy atom. The van der Waals surface area contributed by atoms with E-state index in [4.69, 9.17) is 5.73 Å². The summed E-state index contributed by atoms with van der Waals surface area (Å²) in [6.07, 6.45) is 0.553. The Balaban J connectivity index is 3.75. The molecule has 1 atom stereocenters. The van der Waals surface area contributed by atoms with Gasteiger partial charge in [0.05, 0.1) is 0 Å². The van der Waals surface area contributed by atoms with Crippen molar-refractivity contribution in [3.05, 3.63) is 0 Å². The molecule has 0 aliphatic heterocycles. The molecule has 0 aliphatic carbocycles. The first-order valence-electron chi connectivity index (χ1n) is 5.24. The minimum atomic E-state index is 0.0476. The van der Waals surface area contributed by atoms with Crippen LogP contribution in [0, 0.1) is 11.3 Å². The van der Waals surface area contributed by atoms with Crippen LogP contribution in [-0.2, 0) is 4.79 Å². The predicted molar refractivity (Wildman–Crippen MR) is 59.9 cm³/mol. The van der Waals surface area contributed by atoms with Crippen molar-refractivity contribution in [2.24, 2.45) is 17.1 Å². The van der Waals surface area contributed by atoms with Gasteiger partial charge in [0.15, 0.2) is 0 Å². The number of carbonyl (C=O) groups excluding carboxylic acids is 1. The van der Waals surface area contributed by atoms with Gasteiger partial charge in [0.25, 0.3) is 0 Å². The third-order valence-electron chi connectivity index (χ3n) is 2.08. The minimum Gasteiger partial charge on any atom is -0.355 e. The van der Waals surface area contributed by atoms with E-state index in [9.17, 15) is 4.79 Å². The molecule has 0 aromatic rings. The van der Waals surface area contributed by atoms with Crippen molar-refractivity contribution in [2.75, 3.05) is 6.54 Å². The van der Waals surface area contributed by atoms with Gasteiger partial charge in [0, 0.05) is 19.0 Å². The average molecular weight is 200 g/mol. The smallest absolute Gasteiger partial charge is 0.220 e. The van der Waals surface area contributed by atoms with E-state index in [1.165, 1.54) is 0 Å². The Morgan fingerprint density at radius 1 is 1.36 bits per heavy atom. The molecule has 1 unspecified atom stereocenters. The first-order chi connectivity index (χ1) is 6.22. The lowest BCUT2D eigenvalue weighted by Gasteiger charge is -2.20. The second-order valence-electron chi connectivity index (χ2n) is 5.45. The summed E-state index contributed by atoms with van der Waals surface area (Å²) < 4.78 is 0. The summed E-state index contributed by atoms with van der Waals surface area (Å²) in [6, 6.07) is 0.0546. The maximum absolute atomic E-state index is 11.4. The van der Waals surface area contributed by atoms with Crippen LogP contribution in [0.4, 0.5) is 0 Å². The molecular weight excluding hydrogens is 176 g/mol. The summed E-state index contributed by atoms with van der Waals surface area (Å²) >= 11 is 0. The number of carbonyl (C=O) groups is 1. The topological polar surface area (TPSA) is 55.1 Å². The predicted octanol–water partition coefficient (Wildman–Crippen LogP) is 1.52. The standard InChI is InChI=1S/C11H24N2O/c1-8(2)9(12)7-13-10(14)6-11(3,4)5/h8-9H,6-7,12H2,1-5H3,(H,13,14). The third kappa shape index (κ3) is 6.89. The van der Waals surface area contributed by atoms with Crippen LogP contribution in [0.5, 0.6) is 0 Å². The molecule has 3 heteroatoms. The van der Waals surface area contributed by atoms with Gasteiger partial charge in [-0.1, -0.05) is 34.6 Å². The molecule has 3 nitrogen and oxygen atoms in total. The number of rotatable bonds is 4. The van der Waals surface area contributed by atoms with E-state index < -0.39 is 0 Å². The van der Waals surface area contributed by atoms with Crippen molar-refractivity contribution >= 4 is 5.91 Å². The molecular formula is C11H24N2O. The lowest BCUT2D eigenvalue weighted by Crippen LogP contribution is -2.41. The number of amides is 1. The zero-order valence-electron chi connectivity index (χ0n) is 10.1. The summed E-state index contributed by atoms with van der Waals surface area (Å²) in [4.78, 5) is 11.4. The number of hydrogen-bond donors (Lipinski definition) is 2. The van der Waals surface area contributed by atoms with Gasteiger partial charge in [0.2, 0.25) is 5.91 Å². The van der Waals surface area contributed by atoms with Crippen molar-refractivity contribution in [3.63, 3.8) is 0 Å². The number of nitrogens with two attached hydrogens (primary N) is 1. The number of hydrogen-bond acceptors (Lipinski definition) is 2. The lowest BCUT2D eigenvalue weighted by atomic mass is 9.92. The first kappa shape index (κ1) is 13.4. The van der Waals surface area contributed by atoms with Crippen LogP contribution in [0.1, 0.15) is 41.0 Å². The van der Waals surface area contributed by atoms with Gasteiger partial charge >= 0.3 is 0 Å². The summed E-state index contributed by atoms with van der Waals surface area (Å²) in [6.45, 7) is 10.8. The Kier molecular flexibility index (Phi) is 5.13. The van der Waals surface area contributed by atoms with Crippen LogP contribution < -0.4 is 11.1 Å². The van der Waals surface area contributed by atoms with Crippen LogP contribution >= 0.6 is 0 Å². The molecule has 0 saturated heterocycles. The van der Waals surface area contributed by atoms with E-state index >= 15 is 0 Å². The molecule has 0 fully saturated rings. The maximum atomic E-state index is 11.4. The second kappa shape index (κ2) is 5.35. The molecule has 84 valence electrons. The van der Waals surface area contributed by atoms with E-state index in [0.29, 0.717) is 18.9 Å². The molecule has 0 spiro atoms. The van der Waals surface area contributed by atoms with Gasteiger partial charge < -0.3 is 11.1 Å². The average Bonchev–Trinajstić information content (AvgIpc) is 1.96.